The van der Waals surface area contributed by atoms with Gasteiger partial charge in [0.25, 0.3) is 0 Å². The smallest absolute Gasteiger partial charge is 0.249 e. The van der Waals surface area contributed by atoms with Gasteiger partial charge in [0.1, 0.15) is 6.07 Å². The van der Waals surface area contributed by atoms with Crippen LogP contribution < -0.4 is 0 Å². The van der Waals surface area contributed by atoms with Gasteiger partial charge in [0.2, 0.25) is 8.32 Å². The molecule has 0 fully saturated rings. The molecule has 0 saturated carbocycles. The topological polar surface area (TPSA) is 42.2 Å². The lowest BCUT2D eigenvalue weighted by Gasteiger charge is -2.41. The Kier molecular flexibility index (Phi) is 6.94. The van der Waals surface area contributed by atoms with Crippen LogP contribution in [0.1, 0.15) is 54.9 Å². The van der Waals surface area contributed by atoms with E-state index in [4.69, 9.17) is 8.85 Å². The molecule has 0 amide bonds. The van der Waals surface area contributed by atoms with Crippen molar-refractivity contribution in [2.75, 3.05) is 0 Å². The van der Waals surface area contributed by atoms with Crippen LogP contribution in [-0.4, -0.2) is 22.2 Å². The summed E-state index contributed by atoms with van der Waals surface area (Å²) in [6.07, 6.45) is 4.17. The fourth-order valence-corrected chi connectivity index (χ4v) is 3.70. The summed E-state index contributed by atoms with van der Waals surface area (Å²) >= 11 is 0. The first-order valence-corrected chi connectivity index (χ1v) is 14.3. The molecular formula is C18H37NO2Si2. The summed E-state index contributed by atoms with van der Waals surface area (Å²) in [6.45, 7) is 23.9. The van der Waals surface area contributed by atoms with E-state index < -0.39 is 22.2 Å². The Morgan fingerprint density at radius 3 is 1.65 bits per heavy atom. The van der Waals surface area contributed by atoms with Crippen molar-refractivity contribution in [2.24, 2.45) is 0 Å². The molecule has 1 atom stereocenters. The van der Waals surface area contributed by atoms with Gasteiger partial charge in [0.15, 0.2) is 13.9 Å². The molecule has 134 valence electrons. The number of nitrogens with zero attached hydrogens (tertiary/aromatic N) is 1. The highest BCUT2D eigenvalue weighted by atomic mass is 28.4. The second kappa shape index (κ2) is 7.12. The molecule has 5 heteroatoms. The zero-order chi connectivity index (χ0) is 18.7. The van der Waals surface area contributed by atoms with Crippen LogP contribution in [0.4, 0.5) is 0 Å². The van der Waals surface area contributed by atoms with Gasteiger partial charge in [0.05, 0.1) is 6.26 Å². The lowest BCUT2D eigenvalue weighted by molar-refractivity contribution is 0.151. The summed E-state index contributed by atoms with van der Waals surface area (Å²) in [6, 6.07) is 2.38. The average Bonchev–Trinajstić information content (AvgIpc) is 2.34. The molecule has 0 aliphatic rings. The van der Waals surface area contributed by atoms with Gasteiger partial charge in [-0.05, 0) is 48.8 Å². The van der Waals surface area contributed by atoms with Gasteiger partial charge >= 0.3 is 0 Å². The minimum atomic E-state index is -2.03. The van der Waals surface area contributed by atoms with Gasteiger partial charge in [-0.15, -0.1) is 0 Å². The molecule has 0 bridgehead atoms. The van der Waals surface area contributed by atoms with E-state index in [1.54, 1.807) is 6.26 Å². The van der Waals surface area contributed by atoms with Gasteiger partial charge in [-0.2, -0.15) is 5.26 Å². The number of hydrogen-bond acceptors (Lipinski definition) is 3. The Labute approximate surface area is 146 Å². The maximum atomic E-state index is 9.75. The third-order valence-electron chi connectivity index (χ3n) is 5.46. The van der Waals surface area contributed by atoms with Crippen LogP contribution >= 0.6 is 0 Å². The molecule has 0 heterocycles. The van der Waals surface area contributed by atoms with Crippen molar-refractivity contribution in [3.8, 4) is 6.07 Å². The molecule has 3 nitrogen and oxygen atoms in total. The molecule has 0 saturated heterocycles. The molecule has 0 aromatic carbocycles. The van der Waals surface area contributed by atoms with Gasteiger partial charge < -0.3 is 8.85 Å². The molecular weight excluding hydrogens is 318 g/mol. The standard InChI is InChI=1S/C18H37NO2Si2/c1-12-18(15-19,21-23(10,11)17(5,6)7)13-14-20-22(8,9)16(2,3)4/h13-14H,12H2,1-11H3/b14-13+. The van der Waals surface area contributed by atoms with E-state index in [0.717, 1.165) is 0 Å². The van der Waals surface area contributed by atoms with Gasteiger partial charge in [-0.3, -0.25) is 0 Å². The van der Waals surface area contributed by atoms with E-state index in [0.29, 0.717) is 6.42 Å². The zero-order valence-corrected chi connectivity index (χ0v) is 19.1. The maximum absolute atomic E-state index is 9.75. The van der Waals surface area contributed by atoms with Gasteiger partial charge in [0, 0.05) is 0 Å². The van der Waals surface area contributed by atoms with E-state index >= 15 is 0 Å². The van der Waals surface area contributed by atoms with Crippen LogP contribution in [-0.2, 0) is 8.85 Å². The predicted octanol–water partition coefficient (Wildman–Crippen LogP) is 6.22. The second-order valence-corrected chi connectivity index (χ2v) is 18.9. The summed E-state index contributed by atoms with van der Waals surface area (Å²) in [4.78, 5) is 0. The Balaban J connectivity index is 5.37. The average molecular weight is 356 g/mol. The molecule has 23 heavy (non-hydrogen) atoms. The summed E-state index contributed by atoms with van der Waals surface area (Å²) in [7, 11) is -3.90. The number of hydrogen-bond donors (Lipinski definition) is 0. The summed E-state index contributed by atoms with van der Waals surface area (Å²) in [5.74, 6) is 0. The van der Waals surface area contributed by atoms with Crippen LogP contribution in [0.15, 0.2) is 12.3 Å². The van der Waals surface area contributed by atoms with E-state index in [9.17, 15) is 5.26 Å². The van der Waals surface area contributed by atoms with Gasteiger partial charge in [-0.25, -0.2) is 0 Å². The summed E-state index contributed by atoms with van der Waals surface area (Å²) in [5.41, 5.74) is -0.897. The van der Waals surface area contributed by atoms with Gasteiger partial charge in [-0.1, -0.05) is 48.5 Å². The van der Waals surface area contributed by atoms with E-state index in [1.165, 1.54) is 0 Å². The van der Waals surface area contributed by atoms with E-state index in [-0.39, 0.29) is 10.1 Å². The number of rotatable bonds is 6. The van der Waals surface area contributed by atoms with Crippen molar-refractivity contribution in [1.29, 1.82) is 5.26 Å². The third kappa shape index (κ3) is 5.77. The molecule has 0 rings (SSSR count). The minimum absolute atomic E-state index is 0.0679. The highest BCUT2D eigenvalue weighted by Crippen LogP contribution is 2.40. The molecule has 0 aliphatic heterocycles. The predicted molar refractivity (Wildman–Crippen MR) is 104 cm³/mol. The number of nitriles is 1. The molecule has 0 aromatic rings. The Bertz CT molecular complexity index is 465. The minimum Gasteiger partial charge on any atom is -0.549 e. The van der Waals surface area contributed by atoms with E-state index in [2.05, 4.69) is 73.8 Å². The van der Waals surface area contributed by atoms with Crippen molar-refractivity contribution in [1.82, 2.24) is 0 Å². The molecule has 0 N–H and O–H groups in total. The quantitative estimate of drug-likeness (QED) is 0.420. The van der Waals surface area contributed by atoms with Crippen molar-refractivity contribution < 1.29 is 8.85 Å². The summed E-state index contributed by atoms with van der Waals surface area (Å²) < 4.78 is 12.5. The van der Waals surface area contributed by atoms with Crippen molar-refractivity contribution in [3.05, 3.63) is 12.3 Å². The van der Waals surface area contributed by atoms with Crippen molar-refractivity contribution >= 4 is 16.6 Å². The zero-order valence-electron chi connectivity index (χ0n) is 17.1. The monoisotopic (exact) mass is 355 g/mol. The van der Waals surface area contributed by atoms with E-state index in [1.807, 2.05) is 13.0 Å². The molecule has 0 radical (unpaired) electrons. The second-order valence-electron chi connectivity index (χ2n) is 9.40. The maximum Gasteiger partial charge on any atom is 0.249 e. The molecule has 0 spiro atoms. The van der Waals surface area contributed by atoms with Crippen LogP contribution in [0.3, 0.4) is 0 Å². The fraction of sp³-hybridized carbons (Fsp3) is 0.833. The Hall–Kier alpha value is -0.576. The highest BCUT2D eigenvalue weighted by molar-refractivity contribution is 6.74. The Morgan fingerprint density at radius 2 is 1.35 bits per heavy atom. The lowest BCUT2D eigenvalue weighted by atomic mass is 10.0. The SMILES string of the molecule is CCC(C#N)(/C=C/O[Si](C)(C)C(C)(C)C)O[Si](C)(C)C(C)(C)C. The molecule has 1 unspecified atom stereocenters. The largest absolute Gasteiger partial charge is 0.549 e. The third-order valence-corrected chi connectivity index (χ3v) is 14.3. The first-order chi connectivity index (χ1) is 10.0. The highest BCUT2D eigenvalue weighted by Gasteiger charge is 2.44. The van der Waals surface area contributed by atoms with Crippen molar-refractivity contribution in [2.45, 2.75) is 96.8 Å². The van der Waals surface area contributed by atoms with Crippen LogP contribution in [0.25, 0.3) is 0 Å². The summed E-state index contributed by atoms with van der Waals surface area (Å²) in [5, 5.41) is 9.95. The first-order valence-electron chi connectivity index (χ1n) is 8.50. The molecule has 0 aromatic heterocycles. The lowest BCUT2D eigenvalue weighted by Crippen LogP contribution is -2.48. The van der Waals surface area contributed by atoms with Crippen LogP contribution in [0.5, 0.6) is 0 Å². The first kappa shape index (κ1) is 22.4. The Morgan fingerprint density at radius 1 is 0.913 bits per heavy atom. The normalized spacial score (nSPS) is 17.0. The fourth-order valence-electron chi connectivity index (χ4n) is 1.46. The van der Waals surface area contributed by atoms with Crippen molar-refractivity contribution in [3.63, 3.8) is 0 Å². The van der Waals surface area contributed by atoms with Crippen LogP contribution in [0.2, 0.25) is 36.3 Å². The molecule has 0 aliphatic carbocycles. The van der Waals surface area contributed by atoms with Crippen LogP contribution in [0, 0.1) is 11.3 Å².